The molecule has 1 saturated heterocycles. The van der Waals surface area contributed by atoms with E-state index in [-0.39, 0.29) is 18.1 Å². The first-order valence-electron chi connectivity index (χ1n) is 7.45. The molecule has 19 heavy (non-hydrogen) atoms. The minimum absolute atomic E-state index is 0.00156. The van der Waals surface area contributed by atoms with E-state index >= 15 is 0 Å². The number of carboxylic acid groups (broad SMARTS) is 1. The monoisotopic (exact) mass is 269 g/mol. The largest absolute Gasteiger partial charge is 0.465 e. The zero-order valence-electron chi connectivity index (χ0n) is 12.3. The van der Waals surface area contributed by atoms with Crippen LogP contribution in [0.3, 0.4) is 0 Å². The number of nitrogens with zero attached hydrogens (tertiary/aromatic N) is 1. The Kier molecular flexibility index (Phi) is 4.09. The zero-order valence-corrected chi connectivity index (χ0v) is 12.3. The van der Waals surface area contributed by atoms with Gasteiger partial charge in [-0.15, -0.1) is 0 Å². The lowest BCUT2D eigenvalue weighted by Crippen LogP contribution is -2.51. The molecular formula is C15H27NO3. The highest BCUT2D eigenvalue weighted by molar-refractivity contribution is 5.65. The summed E-state index contributed by atoms with van der Waals surface area (Å²) in [7, 11) is 0. The number of aliphatic hydroxyl groups excluding tert-OH is 1. The van der Waals surface area contributed by atoms with Crippen LogP contribution < -0.4 is 0 Å². The summed E-state index contributed by atoms with van der Waals surface area (Å²) in [6.07, 6.45) is 3.36. The predicted molar refractivity (Wildman–Crippen MR) is 74.0 cm³/mol. The van der Waals surface area contributed by atoms with Crippen molar-refractivity contribution in [2.24, 2.45) is 23.2 Å². The van der Waals surface area contributed by atoms with Gasteiger partial charge in [0.15, 0.2) is 0 Å². The first-order valence-corrected chi connectivity index (χ1v) is 7.45. The first-order chi connectivity index (χ1) is 8.84. The number of carbonyl (C=O) groups is 1. The van der Waals surface area contributed by atoms with Gasteiger partial charge in [-0.3, -0.25) is 0 Å². The van der Waals surface area contributed by atoms with Crippen LogP contribution in [0.1, 0.15) is 46.5 Å². The van der Waals surface area contributed by atoms with Gasteiger partial charge in [0, 0.05) is 19.2 Å². The van der Waals surface area contributed by atoms with E-state index in [0.717, 1.165) is 25.2 Å². The van der Waals surface area contributed by atoms with E-state index in [1.807, 2.05) is 0 Å². The number of hydrogen-bond acceptors (Lipinski definition) is 2. The van der Waals surface area contributed by atoms with Crippen LogP contribution in [0, 0.1) is 23.2 Å². The van der Waals surface area contributed by atoms with E-state index < -0.39 is 6.09 Å². The molecule has 110 valence electrons. The quantitative estimate of drug-likeness (QED) is 0.828. The van der Waals surface area contributed by atoms with Crippen LogP contribution in [0.5, 0.6) is 0 Å². The van der Waals surface area contributed by atoms with E-state index in [1.165, 1.54) is 6.42 Å². The molecule has 2 rings (SSSR count). The van der Waals surface area contributed by atoms with Crippen LogP contribution in [-0.2, 0) is 0 Å². The lowest BCUT2D eigenvalue weighted by Gasteiger charge is -2.45. The van der Waals surface area contributed by atoms with Gasteiger partial charge in [0.25, 0.3) is 0 Å². The standard InChI is InChI=1S/C15H27NO3/c1-15(2,3)13-9-10(4-6-16(13)14(18)19)12-8-11(12)5-7-17/h10-13,17H,4-9H2,1-3H3,(H,18,19)/t10-,11?,12?,13+/m0/s1. The zero-order chi connectivity index (χ0) is 14.2. The molecule has 0 aromatic rings. The number of aliphatic hydroxyl groups is 1. The van der Waals surface area contributed by atoms with Crippen LogP contribution in [0.2, 0.25) is 0 Å². The number of piperidine rings is 1. The Balaban J connectivity index is 2.00. The Labute approximate surface area is 115 Å². The number of amides is 1. The fraction of sp³-hybridized carbons (Fsp3) is 0.933. The molecule has 0 bridgehead atoms. The van der Waals surface area contributed by atoms with E-state index in [0.29, 0.717) is 18.4 Å². The van der Waals surface area contributed by atoms with E-state index in [9.17, 15) is 9.90 Å². The molecule has 0 spiro atoms. The molecule has 1 aliphatic heterocycles. The molecule has 0 aromatic carbocycles. The average Bonchev–Trinajstić information content (AvgIpc) is 3.07. The second-order valence-corrected chi connectivity index (χ2v) is 7.31. The normalized spacial score (nSPS) is 35.3. The third kappa shape index (κ3) is 3.22. The van der Waals surface area contributed by atoms with Crippen molar-refractivity contribution in [3.8, 4) is 0 Å². The SMILES string of the molecule is CC(C)(C)[C@H]1C[C@@H](C2CC2CCO)CCN1C(=O)O. The molecule has 1 amide bonds. The molecule has 0 aromatic heterocycles. The highest BCUT2D eigenvalue weighted by atomic mass is 16.4. The van der Waals surface area contributed by atoms with Crippen LogP contribution in [0.25, 0.3) is 0 Å². The highest BCUT2D eigenvalue weighted by Crippen LogP contribution is 2.51. The molecule has 1 aliphatic carbocycles. The maximum absolute atomic E-state index is 11.4. The smallest absolute Gasteiger partial charge is 0.407 e. The van der Waals surface area contributed by atoms with Crippen molar-refractivity contribution >= 4 is 6.09 Å². The Morgan fingerprint density at radius 2 is 2.00 bits per heavy atom. The van der Waals surface area contributed by atoms with Crippen molar-refractivity contribution in [2.75, 3.05) is 13.2 Å². The summed E-state index contributed by atoms with van der Waals surface area (Å²) >= 11 is 0. The number of hydrogen-bond donors (Lipinski definition) is 2. The summed E-state index contributed by atoms with van der Waals surface area (Å²) in [4.78, 5) is 13.0. The fourth-order valence-electron chi connectivity index (χ4n) is 3.78. The van der Waals surface area contributed by atoms with Crippen molar-refractivity contribution in [2.45, 2.75) is 52.5 Å². The van der Waals surface area contributed by atoms with E-state index in [2.05, 4.69) is 20.8 Å². The molecule has 1 heterocycles. The van der Waals surface area contributed by atoms with Crippen molar-refractivity contribution in [1.29, 1.82) is 0 Å². The second kappa shape index (κ2) is 5.31. The first kappa shape index (κ1) is 14.6. The molecule has 1 saturated carbocycles. The molecule has 4 heteroatoms. The van der Waals surface area contributed by atoms with Crippen molar-refractivity contribution in [3.05, 3.63) is 0 Å². The number of likely N-dealkylation sites (tertiary alicyclic amines) is 1. The second-order valence-electron chi connectivity index (χ2n) is 7.31. The van der Waals surface area contributed by atoms with Gasteiger partial charge < -0.3 is 15.1 Å². The maximum Gasteiger partial charge on any atom is 0.407 e. The summed E-state index contributed by atoms with van der Waals surface area (Å²) in [5, 5.41) is 18.3. The number of rotatable bonds is 3. The molecule has 2 aliphatic rings. The molecule has 0 radical (unpaired) electrons. The van der Waals surface area contributed by atoms with Gasteiger partial charge in [-0.25, -0.2) is 4.79 Å². The summed E-state index contributed by atoms with van der Waals surface area (Å²) in [6.45, 7) is 7.36. The lowest BCUT2D eigenvalue weighted by molar-refractivity contribution is 0.0350. The molecule has 2 unspecified atom stereocenters. The molecule has 4 atom stereocenters. The van der Waals surface area contributed by atoms with Gasteiger partial charge in [-0.1, -0.05) is 20.8 Å². The molecule has 4 nitrogen and oxygen atoms in total. The molecule has 2 N–H and O–H groups in total. The summed E-state index contributed by atoms with van der Waals surface area (Å²) in [5.41, 5.74) is -0.00156. The van der Waals surface area contributed by atoms with Crippen LogP contribution in [0.4, 0.5) is 4.79 Å². The summed E-state index contributed by atoms with van der Waals surface area (Å²) in [6, 6.07) is 0.124. The Hall–Kier alpha value is -0.770. The van der Waals surface area contributed by atoms with E-state index in [4.69, 9.17) is 5.11 Å². The topological polar surface area (TPSA) is 60.8 Å². The molecular weight excluding hydrogens is 242 g/mol. The highest BCUT2D eigenvalue weighted by Gasteiger charge is 2.47. The van der Waals surface area contributed by atoms with Crippen LogP contribution >= 0.6 is 0 Å². The average molecular weight is 269 g/mol. The van der Waals surface area contributed by atoms with Gasteiger partial charge in [-0.05, 0) is 48.9 Å². The van der Waals surface area contributed by atoms with E-state index in [1.54, 1.807) is 4.90 Å². The third-order valence-corrected chi connectivity index (χ3v) is 4.97. The van der Waals surface area contributed by atoms with Crippen LogP contribution in [0.15, 0.2) is 0 Å². The summed E-state index contributed by atoms with van der Waals surface area (Å²) < 4.78 is 0. The van der Waals surface area contributed by atoms with Crippen molar-refractivity contribution < 1.29 is 15.0 Å². The fourth-order valence-corrected chi connectivity index (χ4v) is 3.78. The third-order valence-electron chi connectivity index (χ3n) is 4.97. The molecule has 2 fully saturated rings. The van der Waals surface area contributed by atoms with Crippen molar-refractivity contribution in [1.82, 2.24) is 4.90 Å². The summed E-state index contributed by atoms with van der Waals surface area (Å²) in [5.74, 6) is 2.07. The minimum Gasteiger partial charge on any atom is -0.465 e. The lowest BCUT2D eigenvalue weighted by atomic mass is 9.75. The van der Waals surface area contributed by atoms with Gasteiger partial charge in [0.1, 0.15) is 0 Å². The maximum atomic E-state index is 11.4. The van der Waals surface area contributed by atoms with Gasteiger partial charge in [0.05, 0.1) is 0 Å². The van der Waals surface area contributed by atoms with Gasteiger partial charge in [0.2, 0.25) is 0 Å². The van der Waals surface area contributed by atoms with Crippen molar-refractivity contribution in [3.63, 3.8) is 0 Å². The Morgan fingerprint density at radius 3 is 2.53 bits per heavy atom. The predicted octanol–water partition coefficient (Wildman–Crippen LogP) is 2.81. The minimum atomic E-state index is -0.777. The van der Waals surface area contributed by atoms with Gasteiger partial charge in [-0.2, -0.15) is 0 Å². The Morgan fingerprint density at radius 1 is 1.32 bits per heavy atom. The van der Waals surface area contributed by atoms with Gasteiger partial charge >= 0.3 is 6.09 Å². The van der Waals surface area contributed by atoms with Crippen LogP contribution in [-0.4, -0.2) is 40.4 Å². The Bertz CT molecular complexity index is 337.